The van der Waals surface area contributed by atoms with Crippen LogP contribution in [0.2, 0.25) is 0 Å². The van der Waals surface area contributed by atoms with E-state index in [0.717, 1.165) is 16.7 Å². The third kappa shape index (κ3) is 6.41. The van der Waals surface area contributed by atoms with Gasteiger partial charge in [-0.3, -0.25) is 4.79 Å². The maximum absolute atomic E-state index is 12.2. The van der Waals surface area contributed by atoms with Crippen LogP contribution in [0.15, 0.2) is 71.7 Å². The molecule has 2 N–H and O–H groups in total. The Morgan fingerprint density at radius 2 is 1.66 bits per heavy atom. The van der Waals surface area contributed by atoms with Crippen molar-refractivity contribution < 1.29 is 14.3 Å². The van der Waals surface area contributed by atoms with Crippen LogP contribution in [0.3, 0.4) is 0 Å². The summed E-state index contributed by atoms with van der Waals surface area (Å²) in [6.45, 7) is 1.35. The minimum absolute atomic E-state index is 0.0403. The number of benzene rings is 2. The van der Waals surface area contributed by atoms with Gasteiger partial charge in [0, 0.05) is 25.4 Å². The summed E-state index contributed by atoms with van der Waals surface area (Å²) in [5.74, 6) is 3.52. The normalized spacial score (nSPS) is 10.1. The van der Waals surface area contributed by atoms with E-state index < -0.39 is 0 Å². The van der Waals surface area contributed by atoms with Crippen LogP contribution < -0.4 is 25.7 Å². The van der Waals surface area contributed by atoms with Gasteiger partial charge < -0.3 is 24.7 Å². The standard InChI is InChI=1S/C25H25N3O4/c1-3-14-32-23-15-21(11-12-22(23)31-2)17-27-25(30)26-16-19-7-9-20(10-8-19)18-28-13-5-4-6-24(28)29/h1,4-13,15H,14,16-18H2,2H3,(H2,26,27,30). The molecular formula is C25H25N3O4. The average molecular weight is 431 g/mol. The number of rotatable bonds is 9. The highest BCUT2D eigenvalue weighted by atomic mass is 16.5. The van der Waals surface area contributed by atoms with Crippen LogP contribution >= 0.6 is 0 Å². The second kappa shape index (κ2) is 11.3. The largest absolute Gasteiger partial charge is 0.493 e. The Bertz CT molecular complexity index is 1150. The van der Waals surface area contributed by atoms with Gasteiger partial charge >= 0.3 is 6.03 Å². The molecule has 1 heterocycles. The van der Waals surface area contributed by atoms with Gasteiger partial charge in [0.05, 0.1) is 13.7 Å². The van der Waals surface area contributed by atoms with Crippen molar-refractivity contribution in [2.24, 2.45) is 0 Å². The van der Waals surface area contributed by atoms with Crippen molar-refractivity contribution in [2.45, 2.75) is 19.6 Å². The first-order valence-electron chi connectivity index (χ1n) is 10.1. The lowest BCUT2D eigenvalue weighted by Gasteiger charge is -2.12. The molecule has 3 aromatic rings. The summed E-state index contributed by atoms with van der Waals surface area (Å²) >= 11 is 0. The molecule has 0 atom stereocenters. The number of amides is 2. The number of terminal acetylenes is 1. The molecule has 0 saturated heterocycles. The third-order valence-electron chi connectivity index (χ3n) is 4.72. The lowest BCUT2D eigenvalue weighted by Crippen LogP contribution is -2.34. The quantitative estimate of drug-likeness (QED) is 0.511. The molecule has 0 spiro atoms. The van der Waals surface area contributed by atoms with E-state index in [-0.39, 0.29) is 18.2 Å². The number of hydrogen-bond acceptors (Lipinski definition) is 4. The highest BCUT2D eigenvalue weighted by molar-refractivity contribution is 5.73. The van der Waals surface area contributed by atoms with Crippen molar-refractivity contribution in [3.05, 3.63) is 93.9 Å². The Morgan fingerprint density at radius 1 is 0.969 bits per heavy atom. The molecule has 0 aliphatic heterocycles. The number of hydrogen-bond donors (Lipinski definition) is 2. The number of methoxy groups -OCH3 is 1. The van der Waals surface area contributed by atoms with Crippen LogP contribution in [0.25, 0.3) is 0 Å². The lowest BCUT2D eigenvalue weighted by atomic mass is 10.1. The number of nitrogens with one attached hydrogen (secondary N) is 2. The number of aromatic nitrogens is 1. The Kier molecular flexibility index (Phi) is 7.93. The Balaban J connectivity index is 1.48. The molecule has 3 rings (SSSR count). The molecule has 2 aromatic carbocycles. The minimum Gasteiger partial charge on any atom is -0.493 e. The summed E-state index contributed by atoms with van der Waals surface area (Å²) in [6, 6.07) is 18.0. The molecule has 0 radical (unpaired) electrons. The van der Waals surface area contributed by atoms with E-state index in [4.69, 9.17) is 15.9 Å². The first kappa shape index (κ1) is 22.5. The van der Waals surface area contributed by atoms with Crippen molar-refractivity contribution in [1.82, 2.24) is 15.2 Å². The van der Waals surface area contributed by atoms with E-state index in [0.29, 0.717) is 31.1 Å². The van der Waals surface area contributed by atoms with Crippen LogP contribution in [0, 0.1) is 12.3 Å². The van der Waals surface area contributed by atoms with Gasteiger partial charge in [-0.15, -0.1) is 6.42 Å². The number of pyridine rings is 1. The van der Waals surface area contributed by atoms with Crippen molar-refractivity contribution in [3.8, 4) is 23.8 Å². The molecule has 0 fully saturated rings. The van der Waals surface area contributed by atoms with Crippen molar-refractivity contribution >= 4 is 6.03 Å². The Morgan fingerprint density at radius 3 is 2.34 bits per heavy atom. The predicted octanol–water partition coefficient (Wildman–Crippen LogP) is 2.92. The zero-order valence-electron chi connectivity index (χ0n) is 17.8. The number of nitrogens with zero attached hydrogens (tertiary/aromatic N) is 1. The average Bonchev–Trinajstić information content (AvgIpc) is 2.82. The fourth-order valence-corrected chi connectivity index (χ4v) is 3.04. The second-order valence-electron chi connectivity index (χ2n) is 7.00. The first-order valence-corrected chi connectivity index (χ1v) is 10.1. The minimum atomic E-state index is -0.285. The molecule has 7 nitrogen and oxygen atoms in total. The summed E-state index contributed by atoms with van der Waals surface area (Å²) < 4.78 is 12.4. The zero-order valence-corrected chi connectivity index (χ0v) is 17.8. The van der Waals surface area contributed by atoms with E-state index in [1.807, 2.05) is 36.4 Å². The molecule has 164 valence electrons. The third-order valence-corrected chi connectivity index (χ3v) is 4.72. The maximum Gasteiger partial charge on any atom is 0.315 e. The molecular weight excluding hydrogens is 406 g/mol. The molecule has 0 aliphatic carbocycles. The number of carbonyl (C=O) groups excluding carboxylic acids is 1. The van der Waals surface area contributed by atoms with E-state index in [1.165, 1.54) is 6.07 Å². The molecule has 0 unspecified atom stereocenters. The van der Waals surface area contributed by atoms with Gasteiger partial charge in [-0.25, -0.2) is 4.79 Å². The molecule has 1 aromatic heterocycles. The van der Waals surface area contributed by atoms with Gasteiger partial charge in [-0.1, -0.05) is 42.3 Å². The van der Waals surface area contributed by atoms with Gasteiger partial charge in [0.1, 0.15) is 6.61 Å². The smallest absolute Gasteiger partial charge is 0.315 e. The van der Waals surface area contributed by atoms with Gasteiger partial charge in [-0.05, 0) is 34.9 Å². The summed E-state index contributed by atoms with van der Waals surface area (Å²) in [6.07, 6.45) is 7.00. The molecule has 32 heavy (non-hydrogen) atoms. The highest BCUT2D eigenvalue weighted by Gasteiger charge is 2.07. The Labute approximate surface area is 187 Å². The van der Waals surface area contributed by atoms with Crippen molar-refractivity contribution in [3.63, 3.8) is 0 Å². The van der Waals surface area contributed by atoms with Gasteiger partial charge in [-0.2, -0.15) is 0 Å². The van der Waals surface area contributed by atoms with Crippen LogP contribution in [0.4, 0.5) is 4.79 Å². The number of carbonyl (C=O) groups is 1. The van der Waals surface area contributed by atoms with Crippen LogP contribution in [-0.4, -0.2) is 24.3 Å². The molecule has 0 bridgehead atoms. The van der Waals surface area contributed by atoms with Gasteiger partial charge in [0.2, 0.25) is 0 Å². The topological polar surface area (TPSA) is 81.6 Å². The fraction of sp³-hybridized carbons (Fsp3) is 0.200. The molecule has 0 aliphatic rings. The monoisotopic (exact) mass is 431 g/mol. The summed E-state index contributed by atoms with van der Waals surface area (Å²) in [4.78, 5) is 24.0. The van der Waals surface area contributed by atoms with Crippen LogP contribution in [-0.2, 0) is 19.6 Å². The van der Waals surface area contributed by atoms with E-state index in [1.54, 1.807) is 36.1 Å². The molecule has 2 amide bonds. The maximum atomic E-state index is 12.2. The van der Waals surface area contributed by atoms with Crippen molar-refractivity contribution in [1.29, 1.82) is 0 Å². The highest BCUT2D eigenvalue weighted by Crippen LogP contribution is 2.27. The van der Waals surface area contributed by atoms with E-state index in [2.05, 4.69) is 16.6 Å². The van der Waals surface area contributed by atoms with Gasteiger partial charge in [0.25, 0.3) is 5.56 Å². The molecule has 0 saturated carbocycles. The van der Waals surface area contributed by atoms with E-state index in [9.17, 15) is 9.59 Å². The Hall–Kier alpha value is -4.18. The lowest BCUT2D eigenvalue weighted by molar-refractivity contribution is 0.240. The summed E-state index contributed by atoms with van der Waals surface area (Å²) in [5.41, 5.74) is 2.78. The summed E-state index contributed by atoms with van der Waals surface area (Å²) in [7, 11) is 1.55. The van der Waals surface area contributed by atoms with E-state index >= 15 is 0 Å². The zero-order chi connectivity index (χ0) is 22.8. The summed E-state index contributed by atoms with van der Waals surface area (Å²) in [5, 5.41) is 5.65. The van der Waals surface area contributed by atoms with Crippen LogP contribution in [0.1, 0.15) is 16.7 Å². The predicted molar refractivity (Wildman–Crippen MR) is 123 cm³/mol. The number of ether oxygens (including phenoxy) is 2. The van der Waals surface area contributed by atoms with Crippen LogP contribution in [0.5, 0.6) is 11.5 Å². The van der Waals surface area contributed by atoms with Crippen molar-refractivity contribution in [2.75, 3.05) is 13.7 Å². The fourth-order valence-electron chi connectivity index (χ4n) is 3.04. The first-order chi connectivity index (χ1) is 15.6. The SMILES string of the molecule is C#CCOc1cc(CNC(=O)NCc2ccc(Cn3ccccc3=O)cc2)ccc1OC. The van der Waals surface area contributed by atoms with Gasteiger partial charge in [0.15, 0.2) is 11.5 Å². The number of urea groups is 1. The second-order valence-corrected chi connectivity index (χ2v) is 7.00. The molecule has 7 heteroatoms.